The van der Waals surface area contributed by atoms with E-state index in [0.717, 1.165) is 12.1 Å². The van der Waals surface area contributed by atoms with Crippen molar-refractivity contribution in [3.8, 4) is 0 Å². The maximum atomic E-state index is 14.2. The van der Waals surface area contributed by atoms with E-state index in [9.17, 15) is 22.4 Å². The number of rotatable bonds is 5. The first-order chi connectivity index (χ1) is 12.2. The van der Waals surface area contributed by atoms with Crippen molar-refractivity contribution >= 4 is 17.3 Å². The van der Waals surface area contributed by atoms with Gasteiger partial charge in [0.15, 0.2) is 0 Å². The van der Waals surface area contributed by atoms with Crippen molar-refractivity contribution in [2.75, 3.05) is 5.32 Å². The molecule has 2 aromatic carbocycles. The predicted molar refractivity (Wildman–Crippen MR) is 95.9 cm³/mol. The van der Waals surface area contributed by atoms with Gasteiger partial charge in [-0.1, -0.05) is 25.6 Å². The summed E-state index contributed by atoms with van der Waals surface area (Å²) in [6, 6.07) is 8.90. The van der Waals surface area contributed by atoms with Crippen LogP contribution < -0.4 is 16.4 Å². The summed E-state index contributed by atoms with van der Waals surface area (Å²) in [4.78, 5) is 11.8. The molecule has 0 heterocycles. The van der Waals surface area contributed by atoms with Gasteiger partial charge in [-0.15, -0.1) is 0 Å². The van der Waals surface area contributed by atoms with E-state index in [-0.39, 0.29) is 36.8 Å². The van der Waals surface area contributed by atoms with E-state index in [4.69, 9.17) is 5.73 Å². The monoisotopic (exact) mass is 383 g/mol. The Kier molecular flexibility index (Phi) is 5.79. The topological polar surface area (TPSA) is 67.2 Å². The highest BCUT2D eigenvalue weighted by Crippen LogP contribution is 2.36. The van der Waals surface area contributed by atoms with Crippen LogP contribution in [0.4, 0.5) is 28.9 Å². The number of alkyl halides is 3. The van der Waals surface area contributed by atoms with Crippen LogP contribution in [0.15, 0.2) is 42.5 Å². The lowest BCUT2D eigenvalue weighted by molar-refractivity contribution is -0.137. The van der Waals surface area contributed by atoms with Gasteiger partial charge in [0.2, 0.25) is 5.91 Å². The molecule has 0 saturated heterocycles. The highest BCUT2D eigenvalue weighted by Gasteiger charge is 2.45. The number of nitrogens with one attached hydrogen (secondary N) is 2. The average Bonchev–Trinajstić information content (AvgIpc) is 3.32. The van der Waals surface area contributed by atoms with Crippen LogP contribution in [0.2, 0.25) is 0 Å². The van der Waals surface area contributed by atoms with Gasteiger partial charge in [0, 0.05) is 17.8 Å². The summed E-state index contributed by atoms with van der Waals surface area (Å²) in [5, 5.41) is 5.15. The molecule has 4 nitrogen and oxygen atoms in total. The van der Waals surface area contributed by atoms with Crippen molar-refractivity contribution < 1.29 is 22.4 Å². The minimum atomic E-state index is -4.52. The molecular weight excluding hydrogens is 362 g/mol. The van der Waals surface area contributed by atoms with Crippen LogP contribution in [0.25, 0.3) is 0 Å². The molecule has 0 spiro atoms. The molecular formula is C19H21F4N3O. The molecule has 1 amide bonds. The van der Waals surface area contributed by atoms with Crippen LogP contribution in [-0.2, 0) is 17.5 Å². The number of para-hydroxylation sites is 1. The van der Waals surface area contributed by atoms with Crippen molar-refractivity contribution in [1.82, 2.24) is 5.32 Å². The third-order valence-corrected chi connectivity index (χ3v) is 4.24. The second-order valence-corrected chi connectivity index (χ2v) is 6.31. The molecule has 0 bridgehead atoms. The molecule has 2 aromatic rings. The van der Waals surface area contributed by atoms with Crippen molar-refractivity contribution in [3.05, 3.63) is 59.4 Å². The highest BCUT2D eigenvalue weighted by atomic mass is 19.4. The summed E-state index contributed by atoms with van der Waals surface area (Å²) in [6.07, 6.45) is -3.32. The van der Waals surface area contributed by atoms with Gasteiger partial charge >= 0.3 is 6.18 Å². The Morgan fingerprint density at radius 2 is 1.81 bits per heavy atom. The van der Waals surface area contributed by atoms with Crippen LogP contribution >= 0.6 is 0 Å². The summed E-state index contributed by atoms with van der Waals surface area (Å²) in [7, 11) is 0. The van der Waals surface area contributed by atoms with E-state index in [1.165, 1.54) is 30.3 Å². The second-order valence-electron chi connectivity index (χ2n) is 6.31. The summed E-state index contributed by atoms with van der Waals surface area (Å²) >= 11 is 0. The quantitative estimate of drug-likeness (QED) is 0.673. The molecule has 0 aromatic heterocycles. The minimum absolute atomic E-state index is 0. The van der Waals surface area contributed by atoms with Gasteiger partial charge in [0.1, 0.15) is 5.82 Å². The lowest BCUT2D eigenvalue weighted by atomic mass is 10.1. The average molecular weight is 383 g/mol. The standard InChI is InChI=1S/C18H17F4N3O.CH4/c19-14-9-12(25-15-4-2-1-3-13(15)18(20,21)22)6-5-11(14)10-24-16(26)17(23)7-8-17;/h1-6,9,25H,7-8,10,23H2,(H,24,26);1H4. The number of nitrogens with two attached hydrogens (primary N) is 1. The SMILES string of the molecule is C.NC1(C(=O)NCc2ccc(Nc3ccccc3C(F)(F)F)cc2F)CC1. The van der Waals surface area contributed by atoms with Gasteiger partial charge in [-0.3, -0.25) is 4.79 Å². The number of amides is 1. The van der Waals surface area contributed by atoms with Gasteiger partial charge in [0.25, 0.3) is 0 Å². The number of carbonyl (C=O) groups is 1. The molecule has 3 rings (SSSR count). The van der Waals surface area contributed by atoms with Gasteiger partial charge in [-0.05, 0) is 37.1 Å². The van der Waals surface area contributed by atoms with Crippen molar-refractivity contribution in [2.45, 2.75) is 38.5 Å². The summed E-state index contributed by atoms with van der Waals surface area (Å²) in [5.41, 5.74) is 4.28. The number of carbonyl (C=O) groups excluding carboxylic acids is 1. The molecule has 0 unspecified atom stereocenters. The molecule has 4 N–H and O–H groups in total. The smallest absolute Gasteiger partial charge is 0.355 e. The van der Waals surface area contributed by atoms with Gasteiger partial charge < -0.3 is 16.4 Å². The molecule has 0 aliphatic heterocycles. The molecule has 0 radical (unpaired) electrons. The minimum Gasteiger partial charge on any atom is -0.355 e. The number of hydrogen-bond donors (Lipinski definition) is 3. The van der Waals surface area contributed by atoms with Crippen LogP contribution in [0.5, 0.6) is 0 Å². The maximum Gasteiger partial charge on any atom is 0.418 e. The zero-order valence-electron chi connectivity index (χ0n) is 13.7. The van der Waals surface area contributed by atoms with Crippen LogP contribution in [0.3, 0.4) is 0 Å². The van der Waals surface area contributed by atoms with Crippen molar-refractivity contribution in [3.63, 3.8) is 0 Å². The fraction of sp³-hybridized carbons (Fsp3) is 0.316. The number of hydrogen-bond acceptors (Lipinski definition) is 3. The summed E-state index contributed by atoms with van der Waals surface area (Å²) in [6.45, 7) is -0.0387. The first-order valence-corrected chi connectivity index (χ1v) is 7.98. The first kappa shape index (κ1) is 20.7. The van der Waals surface area contributed by atoms with Crippen molar-refractivity contribution in [2.24, 2.45) is 5.73 Å². The van der Waals surface area contributed by atoms with Crippen molar-refractivity contribution in [1.29, 1.82) is 0 Å². The fourth-order valence-electron chi connectivity index (χ4n) is 2.48. The van der Waals surface area contributed by atoms with Gasteiger partial charge in [-0.2, -0.15) is 13.2 Å². The Balaban J connectivity index is 0.00000261. The van der Waals surface area contributed by atoms with E-state index < -0.39 is 23.1 Å². The summed E-state index contributed by atoms with van der Waals surface area (Å²) < 4.78 is 53.2. The molecule has 1 aliphatic rings. The van der Waals surface area contributed by atoms with E-state index in [1.54, 1.807) is 0 Å². The predicted octanol–water partition coefficient (Wildman–Crippen LogP) is 4.33. The Morgan fingerprint density at radius 3 is 2.41 bits per heavy atom. The normalized spacial score (nSPS) is 14.9. The van der Waals surface area contributed by atoms with Crippen LogP contribution in [-0.4, -0.2) is 11.4 Å². The molecule has 0 atom stereocenters. The zero-order valence-corrected chi connectivity index (χ0v) is 13.7. The van der Waals surface area contributed by atoms with Gasteiger partial charge in [0.05, 0.1) is 16.8 Å². The Morgan fingerprint density at radius 1 is 1.15 bits per heavy atom. The van der Waals surface area contributed by atoms with E-state index >= 15 is 0 Å². The van der Waals surface area contributed by atoms with Crippen LogP contribution in [0, 0.1) is 5.82 Å². The number of halogens is 4. The lowest BCUT2D eigenvalue weighted by Crippen LogP contribution is -2.42. The largest absolute Gasteiger partial charge is 0.418 e. The maximum absolute atomic E-state index is 14.2. The second kappa shape index (κ2) is 7.56. The van der Waals surface area contributed by atoms with E-state index in [0.29, 0.717) is 12.8 Å². The number of anilines is 2. The lowest BCUT2D eigenvalue weighted by Gasteiger charge is -2.15. The Hall–Kier alpha value is -2.61. The van der Waals surface area contributed by atoms with Crippen LogP contribution in [0.1, 0.15) is 31.4 Å². The Labute approximate surface area is 154 Å². The molecule has 8 heteroatoms. The molecule has 1 aliphatic carbocycles. The summed E-state index contributed by atoms with van der Waals surface area (Å²) in [5.74, 6) is -0.972. The first-order valence-electron chi connectivity index (χ1n) is 7.98. The fourth-order valence-corrected chi connectivity index (χ4v) is 2.48. The third-order valence-electron chi connectivity index (χ3n) is 4.24. The molecule has 1 saturated carbocycles. The zero-order chi connectivity index (χ0) is 18.9. The molecule has 27 heavy (non-hydrogen) atoms. The Bertz CT molecular complexity index is 832. The van der Waals surface area contributed by atoms with E-state index in [2.05, 4.69) is 10.6 Å². The molecule has 1 fully saturated rings. The number of benzene rings is 2. The molecule has 146 valence electrons. The van der Waals surface area contributed by atoms with E-state index in [1.807, 2.05) is 0 Å². The third kappa shape index (κ3) is 4.77. The highest BCUT2D eigenvalue weighted by molar-refractivity contribution is 5.88. The van der Waals surface area contributed by atoms with Gasteiger partial charge in [-0.25, -0.2) is 4.39 Å².